The van der Waals surface area contributed by atoms with E-state index in [0.29, 0.717) is 159 Å². The van der Waals surface area contributed by atoms with E-state index < -0.39 is 23.3 Å². The van der Waals surface area contributed by atoms with Crippen LogP contribution in [0.2, 0.25) is 20.1 Å². The molecule has 4 aliphatic rings. The Morgan fingerprint density at radius 2 is 0.676 bits per heavy atom. The molecule has 12 aromatic heterocycles. The van der Waals surface area contributed by atoms with Crippen LogP contribution < -0.4 is 43.2 Å². The highest BCUT2D eigenvalue weighted by Gasteiger charge is 2.27. The Kier molecular flexibility index (Phi) is 34.0. The summed E-state index contributed by atoms with van der Waals surface area (Å²) < 4.78 is 119. The molecule has 0 saturated carbocycles. The number of fused-ring (bicyclic) bond motifs is 4. The van der Waals surface area contributed by atoms with Gasteiger partial charge in [0.2, 0.25) is 23.5 Å². The van der Waals surface area contributed by atoms with Crippen LogP contribution in [0, 0.1) is 33.6 Å². The summed E-state index contributed by atoms with van der Waals surface area (Å²) in [5.74, 6) is 3.16. The van der Waals surface area contributed by atoms with Gasteiger partial charge in [-0.15, -0.1) is 0 Å². The minimum atomic E-state index is -0.447. The molecule has 750 valence electrons. The monoisotopic (exact) mass is 2040 g/mol. The van der Waals surface area contributed by atoms with Crippen LogP contribution in [0.4, 0.5) is 17.6 Å². The van der Waals surface area contributed by atoms with Crippen molar-refractivity contribution in [3.63, 3.8) is 0 Å². The largest absolute Gasteiger partial charge is 0.486 e. The number of hydrogen-bond acceptors (Lipinski definition) is 24. The van der Waals surface area contributed by atoms with E-state index in [0.717, 1.165) is 150 Å². The molecule has 0 aliphatic carbocycles. The minimum Gasteiger partial charge on any atom is -0.486 e. The zero-order chi connectivity index (χ0) is 101. The van der Waals surface area contributed by atoms with Crippen LogP contribution in [0.3, 0.4) is 0 Å². The number of halogens is 8. The normalized spacial score (nSPS) is 16.1. The number of likely N-dealkylation sites (tertiary alicyclic amines) is 1. The maximum absolute atomic E-state index is 15.2. The second-order valence-electron chi connectivity index (χ2n) is 35.9. The van der Waals surface area contributed by atoms with Crippen molar-refractivity contribution in [3.05, 3.63) is 305 Å². The lowest BCUT2D eigenvalue weighted by molar-refractivity contribution is 0.0490. The maximum Gasteiger partial charge on any atom is 0.213 e. The molecule has 0 bridgehead atoms. The van der Waals surface area contributed by atoms with E-state index in [2.05, 4.69) is 97.9 Å². The number of ether oxygens (including phenoxy) is 10. The molecule has 4 saturated heterocycles. The van der Waals surface area contributed by atoms with E-state index >= 15 is 17.6 Å². The van der Waals surface area contributed by atoms with E-state index in [1.54, 1.807) is 98.1 Å². The van der Waals surface area contributed by atoms with E-state index in [9.17, 15) is 0 Å². The first-order chi connectivity index (χ1) is 70.3. The maximum atomic E-state index is 15.2. The zero-order valence-electron chi connectivity index (χ0n) is 81.1. The molecule has 5 atom stereocenters. The van der Waals surface area contributed by atoms with Crippen LogP contribution in [0.5, 0.6) is 46.5 Å². The summed E-state index contributed by atoms with van der Waals surface area (Å²) in [5, 5.41) is 37.2. The van der Waals surface area contributed by atoms with Gasteiger partial charge in [-0.3, -0.25) is 40.3 Å². The van der Waals surface area contributed by atoms with Crippen LogP contribution >= 0.6 is 46.4 Å². The van der Waals surface area contributed by atoms with Crippen molar-refractivity contribution in [2.75, 3.05) is 66.3 Å². The van der Waals surface area contributed by atoms with Gasteiger partial charge in [0.15, 0.2) is 0 Å². The quantitative estimate of drug-likeness (QED) is 0.0272. The fourth-order valence-corrected chi connectivity index (χ4v) is 19.0. The number of nitrogens with one attached hydrogen (secondary N) is 5. The summed E-state index contributed by atoms with van der Waals surface area (Å²) in [6.07, 6.45) is 30.6. The van der Waals surface area contributed by atoms with Gasteiger partial charge in [-0.1, -0.05) is 46.4 Å². The topological polar surface area (TPSA) is 325 Å². The van der Waals surface area contributed by atoms with Gasteiger partial charge in [0.25, 0.3) is 0 Å². The smallest absolute Gasteiger partial charge is 0.213 e. The number of benzene rings is 4. The fraction of sp³-hybridized carbons (Fsp3) is 0.303. The summed E-state index contributed by atoms with van der Waals surface area (Å²) in [6, 6.07) is 35.4. The predicted octanol–water partition coefficient (Wildman–Crippen LogP) is 25.3. The molecular formula is C109H108Cl4F4N18O10. The highest BCUT2D eigenvalue weighted by Crippen LogP contribution is 2.40. The SMILES string of the molecule is Cc1cncc(Cl)c1[C@@H](C)Oc1ccc2n[nH]c(/C=C(\F)c3ccc(OC4CCN(C)CC4)nc3)c2c1.Cc1cncc(Cl)c1[C@@H](C)Oc1ccc2n[nH]c(/C=C(\F)c3ccc(OC4CCNCC4)nc3)c2c1.Cc1cncc(Cl)c1[C@@H](C)Oc1ccc2n[nH]c(/C=C(\F)c3ccc(OCC4CCOCC4)nc3)c2c1.Cc1cncc(Cl)c1[C@@H](C)Oc1ccc2n[nH]c(/C=C(\F)c3ccc(O[C@@H]4CCOC4)nc3)c2c1. The van der Waals surface area contributed by atoms with Crippen molar-refractivity contribution in [3.8, 4) is 46.5 Å². The first kappa shape index (κ1) is 102. The second-order valence-corrected chi connectivity index (χ2v) is 37.5. The molecule has 0 spiro atoms. The number of piperidine rings is 2. The van der Waals surface area contributed by atoms with Gasteiger partial charge in [-0.05, 0) is 239 Å². The molecule has 4 fully saturated rings. The Labute approximate surface area is 855 Å². The number of hydrogen-bond donors (Lipinski definition) is 5. The number of aromatic amines is 4. The average Bonchev–Trinajstić information content (AvgIpc) is 1.69. The Morgan fingerprint density at radius 1 is 0.372 bits per heavy atom. The molecule has 145 heavy (non-hydrogen) atoms. The molecule has 5 N–H and O–H groups in total. The van der Waals surface area contributed by atoms with Crippen molar-refractivity contribution >= 4 is 138 Å². The van der Waals surface area contributed by atoms with Crippen LogP contribution in [0.15, 0.2) is 196 Å². The molecule has 16 aromatic rings. The van der Waals surface area contributed by atoms with Crippen molar-refractivity contribution in [2.45, 2.75) is 143 Å². The predicted molar refractivity (Wildman–Crippen MR) is 556 cm³/mol. The molecule has 0 amide bonds. The zero-order valence-corrected chi connectivity index (χ0v) is 84.2. The van der Waals surface area contributed by atoms with Crippen LogP contribution in [-0.2, 0) is 9.47 Å². The van der Waals surface area contributed by atoms with Crippen molar-refractivity contribution in [2.24, 2.45) is 5.92 Å². The summed E-state index contributed by atoms with van der Waals surface area (Å²) in [4.78, 5) is 35.8. The van der Waals surface area contributed by atoms with E-state index in [1.165, 1.54) is 49.1 Å². The van der Waals surface area contributed by atoms with Gasteiger partial charge in [-0.25, -0.2) is 37.5 Å². The van der Waals surface area contributed by atoms with Crippen LogP contribution in [0.25, 0.3) is 91.2 Å². The number of aryl methyl sites for hydroxylation is 4. The number of aromatic nitrogens is 16. The Morgan fingerprint density at radius 3 is 0.972 bits per heavy atom. The van der Waals surface area contributed by atoms with Gasteiger partial charge >= 0.3 is 0 Å². The lowest BCUT2D eigenvalue weighted by atomic mass is 10.0. The van der Waals surface area contributed by atoms with Gasteiger partial charge < -0.3 is 57.6 Å². The third kappa shape index (κ3) is 26.4. The number of rotatable bonds is 29. The molecule has 4 aliphatic heterocycles. The average molecular weight is 2050 g/mol. The highest BCUT2D eigenvalue weighted by atomic mass is 35.5. The summed E-state index contributed by atoms with van der Waals surface area (Å²) in [7, 11) is 2.11. The van der Waals surface area contributed by atoms with Crippen molar-refractivity contribution in [1.29, 1.82) is 0 Å². The lowest BCUT2D eigenvalue weighted by Crippen LogP contribution is -2.35. The third-order valence-corrected chi connectivity index (χ3v) is 26.5. The number of pyridine rings is 8. The van der Waals surface area contributed by atoms with Crippen LogP contribution in [-0.4, -0.2) is 170 Å². The molecule has 16 heterocycles. The first-order valence-electron chi connectivity index (χ1n) is 47.8. The van der Waals surface area contributed by atoms with Crippen molar-refractivity contribution < 1.29 is 64.9 Å². The first-order valence-corrected chi connectivity index (χ1v) is 49.3. The molecule has 0 unspecified atom stereocenters. The van der Waals surface area contributed by atoms with Gasteiger partial charge in [-0.2, -0.15) is 20.4 Å². The summed E-state index contributed by atoms with van der Waals surface area (Å²) >= 11 is 25.4. The van der Waals surface area contributed by atoms with Crippen LogP contribution in [0.1, 0.15) is 187 Å². The van der Waals surface area contributed by atoms with Gasteiger partial charge in [0.05, 0.1) is 84.8 Å². The summed E-state index contributed by atoms with van der Waals surface area (Å²) in [5.41, 5.74) is 13.7. The Bertz CT molecular complexity index is 7200. The molecular weight excluding hydrogens is 1940 g/mol. The molecule has 36 heteroatoms. The molecule has 20 rings (SSSR count). The second kappa shape index (κ2) is 48.2. The van der Waals surface area contributed by atoms with E-state index in [1.807, 2.05) is 128 Å². The molecule has 28 nitrogen and oxygen atoms in total. The molecule has 0 radical (unpaired) electrons. The Hall–Kier alpha value is -14.0. The standard InChI is InChI=1S/C28H29ClFN5O2.C28H28ClFN4O3.C27H27ClFN5O2.C26H24ClFN4O3/c1-17-14-31-16-23(29)28(17)18(2)36-21-5-6-25-22(12-21)26(34-33-25)13-24(30)19-4-7-27(32-15-19)37-20-8-10-35(3)11-9-20;1-17-13-31-15-23(29)28(17)18(2)37-21-4-5-25-22(11-21)26(34-33-25)12-24(30)20-3-6-27(32-14-20)36-16-19-7-9-35-10-8-19;1-16-13-31-15-22(28)27(16)17(2)35-20-4-5-24-21(11-20)25(34-33-24)12-23(29)18-3-6-26(32-14-18)36-19-7-9-30-10-8-19;1-15-11-29-13-21(27)26(15)16(2)34-18-4-5-23-20(9-18)24(32-31-23)10-22(28)17-3-6-25(30-12-17)35-19-7-8-33-14-19/h4-7,12-16,18,20H,8-11H2,1-3H3,(H,33,34);3-6,11-15,18-19H,7-10,16H2,1-2H3,(H,33,34);3-6,11-15,17,19,30H,7-10H2,1-2H3,(H,33,34);3-6,9-13,16,19H,7-8,14H2,1-2H3,(H,31,32)/b24-13-;24-12-;23-12-;22-10-/t2*18-;17-;16-,19-/m1111/s1. The minimum absolute atomic E-state index is 0.0114. The fourth-order valence-electron chi connectivity index (χ4n) is 17.5. The lowest BCUT2D eigenvalue weighted by Gasteiger charge is -2.28. The highest BCUT2D eigenvalue weighted by molar-refractivity contribution is 6.32. The van der Waals surface area contributed by atoms with Gasteiger partial charge in [0.1, 0.15) is 89.0 Å². The molecule has 4 aromatic carbocycles. The Balaban J connectivity index is 0.000000132. The number of H-pyrrole nitrogens is 4. The van der Waals surface area contributed by atoms with E-state index in [4.69, 9.17) is 93.8 Å². The van der Waals surface area contributed by atoms with Gasteiger partial charge in [0, 0.05) is 222 Å². The van der Waals surface area contributed by atoms with E-state index in [-0.39, 0.29) is 42.7 Å². The summed E-state index contributed by atoms with van der Waals surface area (Å²) in [6.45, 7) is 22.7. The third-order valence-electron chi connectivity index (χ3n) is 25.3. The number of nitrogens with zero attached hydrogens (tertiary/aromatic N) is 13. The van der Waals surface area contributed by atoms with Crippen molar-refractivity contribution in [1.82, 2.24) is 90.9 Å².